The van der Waals surface area contributed by atoms with Crippen LogP contribution in [-0.2, 0) is 6.42 Å². The zero-order valence-corrected chi connectivity index (χ0v) is 15.2. The minimum atomic E-state index is 0.779. The van der Waals surface area contributed by atoms with Crippen LogP contribution in [0.1, 0.15) is 44.4 Å². The van der Waals surface area contributed by atoms with Gasteiger partial charge in [-0.2, -0.15) is 0 Å². The molecule has 1 nitrogen and oxygen atoms in total. The zero-order chi connectivity index (χ0) is 17.5. The van der Waals surface area contributed by atoms with Gasteiger partial charge in [-0.3, -0.25) is 0 Å². The summed E-state index contributed by atoms with van der Waals surface area (Å²) in [5, 5.41) is 0. The van der Waals surface area contributed by atoms with E-state index in [4.69, 9.17) is 4.74 Å². The van der Waals surface area contributed by atoms with Crippen molar-refractivity contribution in [3.05, 3.63) is 72.4 Å². The van der Waals surface area contributed by atoms with Gasteiger partial charge >= 0.3 is 0 Å². The SMILES string of the molecule is C=C/C=C(\C=C)Cc1cc(C)cc(C=C)c1OC.CC.CC. The van der Waals surface area contributed by atoms with Crippen LogP contribution in [0.25, 0.3) is 6.08 Å². The Bertz CT molecular complexity index is 493. The van der Waals surface area contributed by atoms with Gasteiger partial charge in [-0.25, -0.2) is 0 Å². The first-order valence-electron chi connectivity index (χ1n) is 7.90. The van der Waals surface area contributed by atoms with E-state index >= 15 is 0 Å². The first-order chi connectivity index (χ1) is 10.7. The largest absolute Gasteiger partial charge is 0.496 e. The van der Waals surface area contributed by atoms with E-state index in [1.165, 1.54) is 5.56 Å². The highest BCUT2D eigenvalue weighted by atomic mass is 16.5. The first kappa shape index (κ1) is 22.3. The van der Waals surface area contributed by atoms with Crippen LogP contribution in [0.3, 0.4) is 0 Å². The van der Waals surface area contributed by atoms with Crippen molar-refractivity contribution in [2.75, 3.05) is 7.11 Å². The Hall–Kier alpha value is -2.02. The van der Waals surface area contributed by atoms with Gasteiger partial charge in [-0.15, -0.1) is 0 Å². The average molecular weight is 300 g/mol. The molecule has 0 radical (unpaired) electrons. The molecule has 0 N–H and O–H groups in total. The molecule has 0 amide bonds. The maximum Gasteiger partial charge on any atom is 0.129 e. The predicted octanol–water partition coefficient (Wildman–Crippen LogP) is 6.54. The van der Waals surface area contributed by atoms with E-state index in [9.17, 15) is 0 Å². The fourth-order valence-corrected chi connectivity index (χ4v) is 1.98. The highest BCUT2D eigenvalue weighted by molar-refractivity contribution is 5.60. The molecular weight excluding hydrogens is 268 g/mol. The lowest BCUT2D eigenvalue weighted by molar-refractivity contribution is 0.409. The Balaban J connectivity index is 0. The van der Waals surface area contributed by atoms with Crippen molar-refractivity contribution in [2.45, 2.75) is 41.0 Å². The van der Waals surface area contributed by atoms with Crippen molar-refractivity contribution in [1.82, 2.24) is 0 Å². The second kappa shape index (κ2) is 13.9. The van der Waals surface area contributed by atoms with Crippen LogP contribution in [-0.4, -0.2) is 7.11 Å². The van der Waals surface area contributed by atoms with E-state index in [1.54, 1.807) is 13.2 Å². The number of hydrogen-bond acceptors (Lipinski definition) is 1. The Labute approximate surface area is 137 Å². The van der Waals surface area contributed by atoms with Gasteiger partial charge in [0.15, 0.2) is 0 Å². The standard InChI is InChI=1S/C17H20O.2C2H6/c1-6-9-14(7-2)12-16-11-13(4)10-15(8-3)17(16)18-5;2*1-2/h6-11H,1-3,12H2,4-5H3;2*1-2H3/b14-9+;;. The molecule has 0 heterocycles. The van der Waals surface area contributed by atoms with Gasteiger partial charge in [-0.05, 0) is 29.7 Å². The minimum Gasteiger partial charge on any atom is -0.496 e. The second-order valence-electron chi connectivity index (χ2n) is 4.11. The summed E-state index contributed by atoms with van der Waals surface area (Å²) in [6, 6.07) is 4.20. The van der Waals surface area contributed by atoms with E-state index in [0.717, 1.165) is 28.9 Å². The topological polar surface area (TPSA) is 9.23 Å². The van der Waals surface area contributed by atoms with Crippen molar-refractivity contribution in [3.8, 4) is 5.75 Å². The van der Waals surface area contributed by atoms with E-state index in [1.807, 2.05) is 45.9 Å². The van der Waals surface area contributed by atoms with E-state index in [0.29, 0.717) is 0 Å². The number of aryl methyl sites for hydroxylation is 1. The quantitative estimate of drug-likeness (QED) is 0.542. The summed E-state index contributed by atoms with van der Waals surface area (Å²) < 4.78 is 5.49. The number of allylic oxidation sites excluding steroid dienone is 4. The molecule has 0 unspecified atom stereocenters. The van der Waals surface area contributed by atoms with Gasteiger partial charge in [0.05, 0.1) is 7.11 Å². The summed E-state index contributed by atoms with van der Waals surface area (Å²) in [7, 11) is 1.69. The van der Waals surface area contributed by atoms with E-state index < -0.39 is 0 Å². The number of rotatable bonds is 6. The molecular formula is C21H32O. The Morgan fingerprint density at radius 1 is 1.09 bits per heavy atom. The van der Waals surface area contributed by atoms with Gasteiger partial charge in [0, 0.05) is 12.0 Å². The van der Waals surface area contributed by atoms with E-state index in [2.05, 4.69) is 38.8 Å². The van der Waals surface area contributed by atoms with Crippen molar-refractivity contribution in [2.24, 2.45) is 0 Å². The van der Waals surface area contributed by atoms with Gasteiger partial charge in [0.2, 0.25) is 0 Å². The van der Waals surface area contributed by atoms with Crippen LogP contribution in [0.5, 0.6) is 5.75 Å². The van der Waals surface area contributed by atoms with E-state index in [-0.39, 0.29) is 0 Å². The van der Waals surface area contributed by atoms with Gasteiger partial charge in [0.1, 0.15) is 5.75 Å². The fraction of sp³-hybridized carbons (Fsp3) is 0.333. The lowest BCUT2D eigenvalue weighted by atomic mass is 9.98. The summed E-state index contributed by atoms with van der Waals surface area (Å²) in [6.45, 7) is 21.4. The molecule has 1 aromatic rings. The molecule has 0 saturated carbocycles. The monoisotopic (exact) mass is 300 g/mol. The molecule has 0 aliphatic carbocycles. The summed E-state index contributed by atoms with van der Waals surface area (Å²) in [4.78, 5) is 0. The third-order valence-electron chi connectivity index (χ3n) is 2.75. The predicted molar refractivity (Wildman–Crippen MR) is 103 cm³/mol. The number of ether oxygens (including phenoxy) is 1. The Kier molecular flexibility index (Phi) is 14.1. The Morgan fingerprint density at radius 2 is 1.68 bits per heavy atom. The molecule has 0 saturated heterocycles. The summed E-state index contributed by atoms with van der Waals surface area (Å²) in [5.74, 6) is 0.882. The normalized spacial score (nSPS) is 9.45. The fourth-order valence-electron chi connectivity index (χ4n) is 1.98. The van der Waals surface area contributed by atoms with Crippen LogP contribution < -0.4 is 4.74 Å². The zero-order valence-electron chi connectivity index (χ0n) is 15.2. The minimum absolute atomic E-state index is 0.779. The third kappa shape index (κ3) is 7.12. The van der Waals surface area contributed by atoms with Crippen LogP contribution >= 0.6 is 0 Å². The highest BCUT2D eigenvalue weighted by Crippen LogP contribution is 2.28. The van der Waals surface area contributed by atoms with Gasteiger partial charge < -0.3 is 4.74 Å². The maximum absolute atomic E-state index is 5.49. The van der Waals surface area contributed by atoms with Crippen molar-refractivity contribution < 1.29 is 4.74 Å². The molecule has 0 aliphatic heterocycles. The van der Waals surface area contributed by atoms with Gasteiger partial charge in [0.25, 0.3) is 0 Å². The number of hydrogen-bond donors (Lipinski definition) is 0. The molecule has 0 aliphatic rings. The molecule has 0 aromatic heterocycles. The van der Waals surface area contributed by atoms with Crippen LogP contribution in [0.4, 0.5) is 0 Å². The lowest BCUT2D eigenvalue weighted by Crippen LogP contribution is -1.97. The van der Waals surface area contributed by atoms with Gasteiger partial charge in [-0.1, -0.05) is 77.8 Å². The van der Waals surface area contributed by atoms with Crippen molar-refractivity contribution >= 4 is 6.08 Å². The molecule has 1 heteroatoms. The molecule has 0 spiro atoms. The highest BCUT2D eigenvalue weighted by Gasteiger charge is 2.09. The number of methoxy groups -OCH3 is 1. The molecule has 122 valence electrons. The second-order valence-corrected chi connectivity index (χ2v) is 4.11. The average Bonchev–Trinajstić information content (AvgIpc) is 2.57. The summed E-state index contributed by atoms with van der Waals surface area (Å²) in [5.41, 5.74) is 4.47. The summed E-state index contributed by atoms with van der Waals surface area (Å²) >= 11 is 0. The van der Waals surface area contributed by atoms with Crippen LogP contribution in [0.2, 0.25) is 0 Å². The number of benzene rings is 1. The van der Waals surface area contributed by atoms with Crippen LogP contribution in [0, 0.1) is 6.92 Å². The van der Waals surface area contributed by atoms with Crippen LogP contribution in [0.15, 0.2) is 55.7 Å². The first-order valence-corrected chi connectivity index (χ1v) is 7.90. The molecule has 0 bridgehead atoms. The van der Waals surface area contributed by atoms with Crippen molar-refractivity contribution in [1.29, 1.82) is 0 Å². The molecule has 22 heavy (non-hydrogen) atoms. The Morgan fingerprint density at radius 3 is 2.09 bits per heavy atom. The molecule has 0 atom stereocenters. The van der Waals surface area contributed by atoms with Crippen molar-refractivity contribution in [3.63, 3.8) is 0 Å². The molecule has 1 rings (SSSR count). The maximum atomic E-state index is 5.49. The molecule has 0 fully saturated rings. The summed E-state index contributed by atoms with van der Waals surface area (Å²) in [6.07, 6.45) is 8.18. The lowest BCUT2D eigenvalue weighted by Gasteiger charge is -2.13. The smallest absolute Gasteiger partial charge is 0.129 e. The third-order valence-corrected chi connectivity index (χ3v) is 2.75. The molecule has 1 aromatic carbocycles.